The molecule has 0 aliphatic rings. The molecule has 0 aliphatic heterocycles. The summed E-state index contributed by atoms with van der Waals surface area (Å²) in [4.78, 5) is 11.1. The van der Waals surface area contributed by atoms with Crippen molar-refractivity contribution in [1.82, 2.24) is 0 Å². The van der Waals surface area contributed by atoms with Gasteiger partial charge >= 0.3 is 0 Å². The van der Waals surface area contributed by atoms with Crippen molar-refractivity contribution < 1.29 is 4.79 Å². The zero-order valence-corrected chi connectivity index (χ0v) is 6.77. The van der Waals surface area contributed by atoms with E-state index < -0.39 is 0 Å². The molecule has 0 amide bonds. The Morgan fingerprint density at radius 2 is 1.78 bits per heavy atom. The second-order valence-corrected chi connectivity index (χ2v) is 2.87. The normalized spacial score (nSPS) is 13.9. The molecule has 0 rings (SSSR count). The zero-order valence-electron chi connectivity index (χ0n) is 6.77. The van der Waals surface area contributed by atoms with Gasteiger partial charge in [0.15, 0.2) is 0 Å². The molecule has 0 saturated carbocycles. The first-order valence-corrected chi connectivity index (χ1v) is 3.63. The van der Waals surface area contributed by atoms with Crippen molar-refractivity contribution in [1.29, 1.82) is 0 Å². The van der Waals surface area contributed by atoms with Crippen LogP contribution < -0.4 is 0 Å². The number of carbonyl (C=O) groups is 1. The summed E-state index contributed by atoms with van der Waals surface area (Å²) in [6.07, 6.45) is 0.969. The molecular formula is C8H16O. The molecule has 0 aromatic heterocycles. The van der Waals surface area contributed by atoms with E-state index in [2.05, 4.69) is 0 Å². The van der Waals surface area contributed by atoms with Gasteiger partial charge < -0.3 is 0 Å². The Balaban J connectivity index is 3.73. The SMILES string of the molecule is CCC(C)C(=O)C(C)C. The summed E-state index contributed by atoms with van der Waals surface area (Å²) >= 11 is 0. The lowest BCUT2D eigenvalue weighted by Crippen LogP contribution is -2.15. The van der Waals surface area contributed by atoms with Crippen molar-refractivity contribution in [2.45, 2.75) is 34.1 Å². The fourth-order valence-electron chi connectivity index (χ4n) is 0.770. The minimum atomic E-state index is 0.208. The van der Waals surface area contributed by atoms with Gasteiger partial charge in [-0.2, -0.15) is 0 Å². The minimum Gasteiger partial charge on any atom is -0.299 e. The van der Waals surface area contributed by atoms with Gasteiger partial charge in [-0.05, 0) is 6.42 Å². The molecule has 0 heterocycles. The van der Waals surface area contributed by atoms with Crippen LogP contribution >= 0.6 is 0 Å². The molecule has 54 valence electrons. The van der Waals surface area contributed by atoms with Crippen LogP contribution in [0.5, 0.6) is 0 Å². The summed E-state index contributed by atoms with van der Waals surface area (Å²) in [6.45, 7) is 7.94. The number of carbonyl (C=O) groups excluding carboxylic acids is 1. The average molecular weight is 128 g/mol. The van der Waals surface area contributed by atoms with Crippen LogP contribution in [-0.2, 0) is 4.79 Å². The van der Waals surface area contributed by atoms with Crippen molar-refractivity contribution in [2.24, 2.45) is 11.8 Å². The fourth-order valence-corrected chi connectivity index (χ4v) is 0.770. The second kappa shape index (κ2) is 3.65. The van der Waals surface area contributed by atoms with Crippen molar-refractivity contribution in [3.05, 3.63) is 0 Å². The van der Waals surface area contributed by atoms with E-state index in [4.69, 9.17) is 0 Å². The maximum absolute atomic E-state index is 11.1. The Morgan fingerprint density at radius 3 is 1.89 bits per heavy atom. The summed E-state index contributed by atoms with van der Waals surface area (Å²) in [5.41, 5.74) is 0. The van der Waals surface area contributed by atoms with Gasteiger partial charge in [-0.15, -0.1) is 0 Å². The highest BCUT2D eigenvalue weighted by Crippen LogP contribution is 2.08. The zero-order chi connectivity index (χ0) is 7.44. The Bertz CT molecular complexity index is 94.7. The maximum atomic E-state index is 11.1. The lowest BCUT2D eigenvalue weighted by Gasteiger charge is -2.08. The van der Waals surface area contributed by atoms with Crippen LogP contribution in [0, 0.1) is 11.8 Å². The Morgan fingerprint density at radius 1 is 1.33 bits per heavy atom. The number of rotatable bonds is 3. The highest BCUT2D eigenvalue weighted by atomic mass is 16.1. The van der Waals surface area contributed by atoms with Gasteiger partial charge in [-0.25, -0.2) is 0 Å². The van der Waals surface area contributed by atoms with Gasteiger partial charge in [-0.1, -0.05) is 27.7 Å². The first kappa shape index (κ1) is 8.67. The van der Waals surface area contributed by atoms with Crippen LogP contribution in [0.25, 0.3) is 0 Å². The first-order chi connectivity index (χ1) is 4.09. The van der Waals surface area contributed by atoms with Gasteiger partial charge in [0.05, 0.1) is 0 Å². The van der Waals surface area contributed by atoms with Crippen molar-refractivity contribution >= 4 is 5.78 Å². The van der Waals surface area contributed by atoms with Gasteiger partial charge in [0.2, 0.25) is 0 Å². The van der Waals surface area contributed by atoms with Crippen LogP contribution in [0.1, 0.15) is 34.1 Å². The van der Waals surface area contributed by atoms with Gasteiger partial charge in [-0.3, -0.25) is 4.79 Å². The summed E-state index contributed by atoms with van der Waals surface area (Å²) < 4.78 is 0. The van der Waals surface area contributed by atoms with E-state index in [1.54, 1.807) is 0 Å². The van der Waals surface area contributed by atoms with E-state index >= 15 is 0 Å². The summed E-state index contributed by atoms with van der Waals surface area (Å²) in [6, 6.07) is 0. The van der Waals surface area contributed by atoms with E-state index in [1.165, 1.54) is 0 Å². The fraction of sp³-hybridized carbons (Fsp3) is 0.875. The molecule has 0 radical (unpaired) electrons. The van der Waals surface area contributed by atoms with E-state index in [1.807, 2.05) is 27.7 Å². The average Bonchev–Trinajstić information content (AvgIpc) is 1.84. The number of hydrogen-bond acceptors (Lipinski definition) is 1. The first-order valence-electron chi connectivity index (χ1n) is 3.63. The maximum Gasteiger partial charge on any atom is 0.138 e. The third kappa shape index (κ3) is 2.64. The Hall–Kier alpha value is -0.330. The van der Waals surface area contributed by atoms with Crippen LogP contribution in [0.15, 0.2) is 0 Å². The van der Waals surface area contributed by atoms with Crippen LogP contribution in [0.4, 0.5) is 0 Å². The molecule has 1 nitrogen and oxygen atoms in total. The highest BCUT2D eigenvalue weighted by molar-refractivity contribution is 5.82. The predicted octanol–water partition coefficient (Wildman–Crippen LogP) is 2.26. The smallest absolute Gasteiger partial charge is 0.138 e. The van der Waals surface area contributed by atoms with Crippen molar-refractivity contribution in [3.8, 4) is 0 Å². The van der Waals surface area contributed by atoms with E-state index in [0.29, 0.717) is 5.78 Å². The quantitative estimate of drug-likeness (QED) is 0.569. The topological polar surface area (TPSA) is 17.1 Å². The molecule has 9 heavy (non-hydrogen) atoms. The van der Waals surface area contributed by atoms with Crippen molar-refractivity contribution in [3.63, 3.8) is 0 Å². The molecule has 0 N–H and O–H groups in total. The summed E-state index contributed by atoms with van der Waals surface area (Å²) in [5, 5.41) is 0. The molecule has 0 bridgehead atoms. The molecule has 0 fully saturated rings. The Labute approximate surface area is 57.5 Å². The molecule has 1 heteroatoms. The highest BCUT2D eigenvalue weighted by Gasteiger charge is 2.13. The minimum absolute atomic E-state index is 0.208. The molecule has 0 aliphatic carbocycles. The molecular weight excluding hydrogens is 112 g/mol. The standard InChI is InChI=1S/C8H16O/c1-5-7(4)8(9)6(2)3/h6-7H,5H2,1-4H3. The second-order valence-electron chi connectivity index (χ2n) is 2.87. The molecule has 0 spiro atoms. The molecule has 0 aromatic carbocycles. The van der Waals surface area contributed by atoms with Gasteiger partial charge in [0.25, 0.3) is 0 Å². The molecule has 1 unspecified atom stereocenters. The number of Topliss-reactive ketones (excluding diaryl/α,β-unsaturated/α-hetero) is 1. The van der Waals surface area contributed by atoms with Crippen LogP contribution in [-0.4, -0.2) is 5.78 Å². The number of ketones is 1. The van der Waals surface area contributed by atoms with Crippen molar-refractivity contribution in [2.75, 3.05) is 0 Å². The number of hydrogen-bond donors (Lipinski definition) is 0. The monoisotopic (exact) mass is 128 g/mol. The lowest BCUT2D eigenvalue weighted by molar-refractivity contribution is -0.125. The summed E-state index contributed by atoms with van der Waals surface area (Å²) in [7, 11) is 0. The largest absolute Gasteiger partial charge is 0.299 e. The predicted molar refractivity (Wildman–Crippen MR) is 39.3 cm³/mol. The van der Waals surface area contributed by atoms with Crippen LogP contribution in [0.2, 0.25) is 0 Å². The van der Waals surface area contributed by atoms with Gasteiger partial charge in [0, 0.05) is 11.8 Å². The molecule has 0 saturated heterocycles. The van der Waals surface area contributed by atoms with E-state index in [-0.39, 0.29) is 11.8 Å². The van der Waals surface area contributed by atoms with E-state index in [0.717, 1.165) is 6.42 Å². The lowest BCUT2D eigenvalue weighted by atomic mass is 9.95. The van der Waals surface area contributed by atoms with Crippen LogP contribution in [0.3, 0.4) is 0 Å². The van der Waals surface area contributed by atoms with E-state index in [9.17, 15) is 4.79 Å². The molecule has 1 atom stereocenters. The third-order valence-corrected chi connectivity index (χ3v) is 1.67. The van der Waals surface area contributed by atoms with Gasteiger partial charge in [0.1, 0.15) is 5.78 Å². The Kier molecular flexibility index (Phi) is 3.52. The molecule has 0 aromatic rings. The summed E-state index contributed by atoms with van der Waals surface area (Å²) in [5.74, 6) is 0.849. The third-order valence-electron chi connectivity index (χ3n) is 1.67.